The van der Waals surface area contributed by atoms with Gasteiger partial charge in [0, 0.05) is 32.9 Å². The van der Waals surface area contributed by atoms with Crippen LogP contribution in [0.25, 0.3) is 0 Å². The molecule has 4 nitrogen and oxygen atoms in total. The Hall–Kier alpha value is -0.840. The highest BCUT2D eigenvalue weighted by Crippen LogP contribution is 2.21. The Kier molecular flexibility index (Phi) is 7.13. The molecule has 0 aliphatic carbocycles. The second-order valence-electron chi connectivity index (χ2n) is 5.00. The molecule has 0 spiro atoms. The van der Waals surface area contributed by atoms with E-state index in [0.717, 1.165) is 31.0 Å². The van der Waals surface area contributed by atoms with Gasteiger partial charge in [0.25, 0.3) is 0 Å². The fourth-order valence-electron chi connectivity index (χ4n) is 1.91. The number of ether oxygens (including phenoxy) is 1. The van der Waals surface area contributed by atoms with Crippen molar-refractivity contribution in [3.8, 4) is 0 Å². The summed E-state index contributed by atoms with van der Waals surface area (Å²) in [5.74, 6) is 1.53. The fourth-order valence-corrected chi connectivity index (χ4v) is 2.08. The first-order chi connectivity index (χ1) is 9.08. The van der Waals surface area contributed by atoms with Crippen LogP contribution in [0.5, 0.6) is 0 Å². The molecular weight excluding hydrogens is 262 g/mol. The van der Waals surface area contributed by atoms with E-state index in [2.05, 4.69) is 35.1 Å². The van der Waals surface area contributed by atoms with E-state index in [1.165, 1.54) is 0 Å². The molecule has 1 aromatic rings. The van der Waals surface area contributed by atoms with E-state index in [1.54, 1.807) is 13.3 Å². The van der Waals surface area contributed by atoms with Crippen molar-refractivity contribution in [3.63, 3.8) is 0 Å². The van der Waals surface area contributed by atoms with Gasteiger partial charge in [-0.05, 0) is 24.6 Å². The SMILES string of the molecule is CNCc1cc(N(CCOC)CC(C)C)ncc1Cl. The molecule has 1 N–H and O–H groups in total. The predicted molar refractivity (Wildman–Crippen MR) is 80.9 cm³/mol. The summed E-state index contributed by atoms with van der Waals surface area (Å²) in [4.78, 5) is 6.68. The third-order valence-corrected chi connectivity index (χ3v) is 3.10. The molecule has 0 saturated heterocycles. The smallest absolute Gasteiger partial charge is 0.128 e. The van der Waals surface area contributed by atoms with E-state index in [9.17, 15) is 0 Å². The largest absolute Gasteiger partial charge is 0.383 e. The second-order valence-corrected chi connectivity index (χ2v) is 5.40. The molecule has 0 aromatic carbocycles. The number of halogens is 1. The summed E-state index contributed by atoms with van der Waals surface area (Å²) in [6, 6.07) is 2.05. The minimum atomic E-state index is 0.571. The number of hydrogen-bond acceptors (Lipinski definition) is 4. The molecule has 1 heterocycles. The van der Waals surface area contributed by atoms with Crippen LogP contribution < -0.4 is 10.2 Å². The maximum absolute atomic E-state index is 6.14. The average Bonchev–Trinajstić information content (AvgIpc) is 2.37. The lowest BCUT2D eigenvalue weighted by molar-refractivity contribution is 0.204. The normalized spacial score (nSPS) is 11.1. The molecular formula is C14H24ClN3O. The van der Waals surface area contributed by atoms with Gasteiger partial charge in [-0.1, -0.05) is 25.4 Å². The lowest BCUT2D eigenvalue weighted by Gasteiger charge is -2.26. The molecule has 0 unspecified atom stereocenters. The van der Waals surface area contributed by atoms with Crippen molar-refractivity contribution in [2.75, 3.05) is 38.8 Å². The van der Waals surface area contributed by atoms with Crippen molar-refractivity contribution in [1.82, 2.24) is 10.3 Å². The molecule has 0 atom stereocenters. The maximum atomic E-state index is 6.14. The third-order valence-electron chi connectivity index (χ3n) is 2.76. The number of nitrogens with zero attached hydrogens (tertiary/aromatic N) is 2. The van der Waals surface area contributed by atoms with E-state index >= 15 is 0 Å². The molecule has 108 valence electrons. The minimum absolute atomic E-state index is 0.571. The van der Waals surface area contributed by atoms with Gasteiger partial charge >= 0.3 is 0 Å². The minimum Gasteiger partial charge on any atom is -0.383 e. The molecule has 5 heteroatoms. The average molecular weight is 286 g/mol. The van der Waals surface area contributed by atoms with Crippen LogP contribution in [0.15, 0.2) is 12.3 Å². The Bertz CT molecular complexity index is 385. The number of aromatic nitrogens is 1. The van der Waals surface area contributed by atoms with Crippen LogP contribution in [0.2, 0.25) is 5.02 Å². The molecule has 19 heavy (non-hydrogen) atoms. The Balaban J connectivity index is 2.90. The second kappa shape index (κ2) is 8.35. The Labute approximate surface area is 121 Å². The molecule has 1 aromatic heterocycles. The van der Waals surface area contributed by atoms with Crippen molar-refractivity contribution in [3.05, 3.63) is 22.8 Å². The molecule has 0 radical (unpaired) electrons. The predicted octanol–water partition coefficient (Wildman–Crippen LogP) is 2.56. The van der Waals surface area contributed by atoms with Gasteiger partial charge in [0.2, 0.25) is 0 Å². The zero-order valence-corrected chi connectivity index (χ0v) is 13.0. The van der Waals surface area contributed by atoms with Gasteiger partial charge in [-0.15, -0.1) is 0 Å². The van der Waals surface area contributed by atoms with E-state index < -0.39 is 0 Å². The summed E-state index contributed by atoms with van der Waals surface area (Å²) in [5.41, 5.74) is 1.07. The quantitative estimate of drug-likeness (QED) is 0.797. The highest BCUT2D eigenvalue weighted by Gasteiger charge is 2.12. The summed E-state index contributed by atoms with van der Waals surface area (Å²) in [7, 11) is 3.63. The van der Waals surface area contributed by atoms with Crippen molar-refractivity contribution in [2.24, 2.45) is 5.92 Å². The number of nitrogens with one attached hydrogen (secondary N) is 1. The Morgan fingerprint density at radius 1 is 1.47 bits per heavy atom. The van der Waals surface area contributed by atoms with Gasteiger partial charge in [0.05, 0.1) is 11.6 Å². The molecule has 0 saturated carbocycles. The molecule has 0 aliphatic rings. The lowest BCUT2D eigenvalue weighted by atomic mass is 10.2. The molecule has 0 aliphatic heterocycles. The van der Waals surface area contributed by atoms with Crippen LogP contribution in [-0.4, -0.2) is 38.8 Å². The Morgan fingerprint density at radius 3 is 2.79 bits per heavy atom. The van der Waals surface area contributed by atoms with Gasteiger partial charge in [0.15, 0.2) is 0 Å². The zero-order chi connectivity index (χ0) is 14.3. The van der Waals surface area contributed by atoms with Gasteiger partial charge in [0.1, 0.15) is 5.82 Å². The van der Waals surface area contributed by atoms with E-state index in [0.29, 0.717) is 17.5 Å². The summed E-state index contributed by atoms with van der Waals surface area (Å²) < 4.78 is 5.17. The molecule has 0 amide bonds. The van der Waals surface area contributed by atoms with Gasteiger partial charge in [-0.25, -0.2) is 4.98 Å². The van der Waals surface area contributed by atoms with E-state index in [4.69, 9.17) is 16.3 Å². The number of pyridine rings is 1. The first-order valence-electron chi connectivity index (χ1n) is 6.61. The number of rotatable bonds is 8. The van der Waals surface area contributed by atoms with Crippen molar-refractivity contribution >= 4 is 17.4 Å². The molecule has 1 rings (SSSR count). The number of hydrogen-bond donors (Lipinski definition) is 1. The van der Waals surface area contributed by atoms with Crippen LogP contribution in [-0.2, 0) is 11.3 Å². The van der Waals surface area contributed by atoms with Gasteiger partial charge in [-0.3, -0.25) is 0 Å². The van der Waals surface area contributed by atoms with Crippen LogP contribution in [0.4, 0.5) is 5.82 Å². The number of anilines is 1. The zero-order valence-electron chi connectivity index (χ0n) is 12.2. The third kappa shape index (κ3) is 5.35. The topological polar surface area (TPSA) is 37.4 Å². The van der Waals surface area contributed by atoms with Crippen molar-refractivity contribution in [1.29, 1.82) is 0 Å². The van der Waals surface area contributed by atoms with Gasteiger partial charge in [-0.2, -0.15) is 0 Å². The monoisotopic (exact) mass is 285 g/mol. The summed E-state index contributed by atoms with van der Waals surface area (Å²) in [6.07, 6.45) is 1.73. The van der Waals surface area contributed by atoms with E-state index in [1.807, 2.05) is 7.05 Å². The summed E-state index contributed by atoms with van der Waals surface area (Å²) >= 11 is 6.14. The molecule has 0 bridgehead atoms. The Morgan fingerprint density at radius 2 is 2.21 bits per heavy atom. The van der Waals surface area contributed by atoms with Gasteiger partial charge < -0.3 is 15.0 Å². The number of methoxy groups -OCH3 is 1. The van der Waals surface area contributed by atoms with Crippen LogP contribution in [0, 0.1) is 5.92 Å². The summed E-state index contributed by atoms with van der Waals surface area (Å²) in [5, 5.41) is 3.82. The standard InChI is InChI=1S/C14H24ClN3O/c1-11(2)10-18(5-6-19-4)14-7-12(8-16-3)13(15)9-17-14/h7,9,11,16H,5-6,8,10H2,1-4H3. The fraction of sp³-hybridized carbons (Fsp3) is 0.643. The first-order valence-corrected chi connectivity index (χ1v) is 6.99. The van der Waals surface area contributed by atoms with E-state index in [-0.39, 0.29) is 0 Å². The van der Waals surface area contributed by atoms with Crippen LogP contribution in [0.3, 0.4) is 0 Å². The van der Waals surface area contributed by atoms with Crippen molar-refractivity contribution < 1.29 is 4.74 Å². The highest BCUT2D eigenvalue weighted by atomic mass is 35.5. The first kappa shape index (κ1) is 16.2. The lowest BCUT2D eigenvalue weighted by Crippen LogP contribution is -2.31. The summed E-state index contributed by atoms with van der Waals surface area (Å²) in [6.45, 7) is 7.63. The maximum Gasteiger partial charge on any atom is 0.128 e. The van der Waals surface area contributed by atoms with Crippen LogP contribution in [0.1, 0.15) is 19.4 Å². The van der Waals surface area contributed by atoms with Crippen molar-refractivity contribution in [2.45, 2.75) is 20.4 Å². The highest BCUT2D eigenvalue weighted by molar-refractivity contribution is 6.31. The molecule has 0 fully saturated rings. The van der Waals surface area contributed by atoms with Crippen LogP contribution >= 0.6 is 11.6 Å².